The first-order chi connectivity index (χ1) is 12.9. The van der Waals surface area contributed by atoms with Gasteiger partial charge in [0.1, 0.15) is 6.04 Å². The van der Waals surface area contributed by atoms with Gasteiger partial charge in [0, 0.05) is 0 Å². The topological polar surface area (TPSA) is 86.7 Å². The maximum absolute atomic E-state index is 13.5. The summed E-state index contributed by atoms with van der Waals surface area (Å²) in [6, 6.07) is 15.9. The van der Waals surface area contributed by atoms with Crippen molar-refractivity contribution in [3.8, 4) is 0 Å². The molecule has 1 heterocycles. The Bertz CT molecular complexity index is 810. The second kappa shape index (κ2) is 7.23. The second-order valence-corrected chi connectivity index (χ2v) is 7.07. The van der Waals surface area contributed by atoms with Crippen LogP contribution in [0.4, 0.5) is 4.79 Å². The molecule has 0 aromatic heterocycles. The quantitative estimate of drug-likeness (QED) is 0.770. The second-order valence-electron chi connectivity index (χ2n) is 7.07. The first kappa shape index (κ1) is 18.6. The van der Waals surface area contributed by atoms with Crippen LogP contribution in [-0.2, 0) is 15.1 Å². The van der Waals surface area contributed by atoms with Crippen LogP contribution in [0.25, 0.3) is 0 Å². The average molecular weight is 366 g/mol. The molecule has 2 aromatic rings. The molecule has 140 valence electrons. The summed E-state index contributed by atoms with van der Waals surface area (Å²) in [7, 11) is 0. The molecule has 1 atom stereocenters. The maximum atomic E-state index is 13.5. The molecule has 1 saturated heterocycles. The van der Waals surface area contributed by atoms with Crippen LogP contribution in [0.1, 0.15) is 31.4 Å². The first-order valence-corrected chi connectivity index (χ1v) is 8.87. The normalized spacial score (nSPS) is 17.1. The summed E-state index contributed by atoms with van der Waals surface area (Å²) >= 11 is 0. The van der Waals surface area contributed by atoms with E-state index in [0.29, 0.717) is 11.1 Å². The van der Waals surface area contributed by atoms with E-state index in [9.17, 15) is 19.5 Å². The summed E-state index contributed by atoms with van der Waals surface area (Å²) in [4.78, 5) is 39.0. The number of hydrogen-bond acceptors (Lipinski definition) is 3. The van der Waals surface area contributed by atoms with Crippen molar-refractivity contribution in [2.24, 2.45) is 5.92 Å². The van der Waals surface area contributed by atoms with Gasteiger partial charge in [0.2, 0.25) is 0 Å². The van der Waals surface area contributed by atoms with E-state index in [-0.39, 0.29) is 12.3 Å². The summed E-state index contributed by atoms with van der Waals surface area (Å²) in [5.74, 6) is -1.75. The number of carboxylic acid groups (broad SMARTS) is 1. The van der Waals surface area contributed by atoms with Gasteiger partial charge >= 0.3 is 12.0 Å². The Morgan fingerprint density at radius 3 is 1.89 bits per heavy atom. The predicted molar refractivity (Wildman–Crippen MR) is 99.9 cm³/mol. The van der Waals surface area contributed by atoms with E-state index in [2.05, 4.69) is 5.32 Å². The fourth-order valence-electron chi connectivity index (χ4n) is 3.53. The number of urea groups is 1. The van der Waals surface area contributed by atoms with E-state index in [0.717, 1.165) is 4.90 Å². The van der Waals surface area contributed by atoms with E-state index in [1.807, 2.05) is 26.0 Å². The lowest BCUT2D eigenvalue weighted by Gasteiger charge is -2.29. The number of benzene rings is 2. The van der Waals surface area contributed by atoms with Crippen LogP contribution in [0.3, 0.4) is 0 Å². The van der Waals surface area contributed by atoms with E-state index in [1.165, 1.54) is 0 Å². The Hall–Kier alpha value is -3.15. The highest BCUT2D eigenvalue weighted by Gasteiger charge is 2.56. The van der Waals surface area contributed by atoms with Gasteiger partial charge in [0.05, 0.1) is 0 Å². The van der Waals surface area contributed by atoms with Crippen molar-refractivity contribution in [2.45, 2.75) is 31.8 Å². The summed E-state index contributed by atoms with van der Waals surface area (Å²) in [5.41, 5.74) is -0.263. The molecule has 6 heteroatoms. The summed E-state index contributed by atoms with van der Waals surface area (Å²) in [6.45, 7) is 3.71. The maximum Gasteiger partial charge on any atom is 0.327 e. The standard InChI is InChI=1S/C21H22N2O4/c1-14(2)13-17(18(24)25)23-19(26)21(22-20(23)27,15-9-5-3-6-10-15)16-11-7-4-8-12-16/h3-12,14,17H,13H2,1-2H3,(H,22,27)(H,24,25). The molecule has 0 saturated carbocycles. The number of nitrogens with one attached hydrogen (secondary N) is 1. The summed E-state index contributed by atoms with van der Waals surface area (Å²) in [5, 5.41) is 12.4. The molecule has 3 amide bonds. The number of aliphatic carboxylic acids is 1. The van der Waals surface area contributed by atoms with Crippen molar-refractivity contribution < 1.29 is 19.5 Å². The average Bonchev–Trinajstić information content (AvgIpc) is 2.92. The third-order valence-corrected chi connectivity index (χ3v) is 4.76. The minimum Gasteiger partial charge on any atom is -0.480 e. The highest BCUT2D eigenvalue weighted by Crippen LogP contribution is 2.37. The van der Waals surface area contributed by atoms with Crippen molar-refractivity contribution >= 4 is 17.9 Å². The van der Waals surface area contributed by atoms with Gasteiger partial charge in [0.25, 0.3) is 5.91 Å². The van der Waals surface area contributed by atoms with Crippen LogP contribution in [-0.4, -0.2) is 34.0 Å². The smallest absolute Gasteiger partial charge is 0.327 e. The molecule has 0 spiro atoms. The molecule has 1 fully saturated rings. The van der Waals surface area contributed by atoms with Crippen molar-refractivity contribution in [2.75, 3.05) is 0 Å². The van der Waals surface area contributed by atoms with Crippen LogP contribution in [0, 0.1) is 5.92 Å². The minimum absolute atomic E-state index is 0.00940. The zero-order chi connectivity index (χ0) is 19.6. The summed E-state index contributed by atoms with van der Waals surface area (Å²) in [6.07, 6.45) is 0.189. The Kier molecular flexibility index (Phi) is 4.99. The molecule has 1 unspecified atom stereocenters. The van der Waals surface area contributed by atoms with Crippen molar-refractivity contribution in [1.29, 1.82) is 0 Å². The SMILES string of the molecule is CC(C)CC(C(=O)O)N1C(=O)NC(c2ccccc2)(c2ccccc2)C1=O. The fourth-order valence-corrected chi connectivity index (χ4v) is 3.53. The lowest BCUT2D eigenvalue weighted by Crippen LogP contribution is -2.48. The number of hydrogen-bond donors (Lipinski definition) is 2. The number of rotatable bonds is 6. The highest BCUT2D eigenvalue weighted by atomic mass is 16.4. The highest BCUT2D eigenvalue weighted by molar-refractivity contribution is 6.11. The van der Waals surface area contributed by atoms with Crippen LogP contribution in [0.15, 0.2) is 60.7 Å². The van der Waals surface area contributed by atoms with Gasteiger partial charge in [-0.1, -0.05) is 74.5 Å². The molecular formula is C21H22N2O4. The largest absolute Gasteiger partial charge is 0.480 e. The van der Waals surface area contributed by atoms with E-state index < -0.39 is 29.5 Å². The van der Waals surface area contributed by atoms with Gasteiger partial charge in [-0.2, -0.15) is 0 Å². The van der Waals surface area contributed by atoms with Crippen LogP contribution >= 0.6 is 0 Å². The Labute approximate surface area is 157 Å². The Morgan fingerprint density at radius 1 is 1.00 bits per heavy atom. The monoisotopic (exact) mass is 366 g/mol. The van der Waals surface area contributed by atoms with Gasteiger partial charge in [0.15, 0.2) is 5.54 Å². The molecule has 0 bridgehead atoms. The molecule has 27 heavy (non-hydrogen) atoms. The molecule has 1 aliphatic rings. The van der Waals surface area contributed by atoms with E-state index in [1.54, 1.807) is 48.5 Å². The molecule has 6 nitrogen and oxygen atoms in total. The van der Waals surface area contributed by atoms with Gasteiger partial charge in [-0.05, 0) is 23.5 Å². The third-order valence-electron chi connectivity index (χ3n) is 4.76. The Balaban J connectivity index is 2.15. The number of imide groups is 1. The zero-order valence-electron chi connectivity index (χ0n) is 15.3. The lowest BCUT2D eigenvalue weighted by atomic mass is 9.82. The van der Waals surface area contributed by atoms with Crippen LogP contribution < -0.4 is 5.32 Å². The minimum atomic E-state index is -1.44. The molecule has 0 radical (unpaired) electrons. The number of amides is 3. The summed E-state index contributed by atoms with van der Waals surface area (Å²) < 4.78 is 0. The number of carbonyl (C=O) groups excluding carboxylic acids is 2. The zero-order valence-corrected chi connectivity index (χ0v) is 15.3. The predicted octanol–water partition coefficient (Wildman–Crippen LogP) is 2.98. The lowest BCUT2D eigenvalue weighted by molar-refractivity contribution is -0.148. The molecule has 0 aliphatic carbocycles. The molecule has 1 aliphatic heterocycles. The molecule has 2 aromatic carbocycles. The number of carboxylic acids is 1. The fraction of sp³-hybridized carbons (Fsp3) is 0.286. The number of carbonyl (C=O) groups is 3. The molecular weight excluding hydrogens is 344 g/mol. The van der Waals surface area contributed by atoms with Gasteiger partial charge in [-0.25, -0.2) is 14.5 Å². The van der Waals surface area contributed by atoms with E-state index >= 15 is 0 Å². The van der Waals surface area contributed by atoms with Crippen molar-refractivity contribution in [3.05, 3.63) is 71.8 Å². The van der Waals surface area contributed by atoms with Gasteiger partial charge in [-0.3, -0.25) is 4.79 Å². The van der Waals surface area contributed by atoms with Gasteiger partial charge in [-0.15, -0.1) is 0 Å². The van der Waals surface area contributed by atoms with Crippen molar-refractivity contribution in [1.82, 2.24) is 10.2 Å². The van der Waals surface area contributed by atoms with E-state index in [4.69, 9.17) is 0 Å². The Morgan fingerprint density at radius 2 is 1.48 bits per heavy atom. The molecule has 2 N–H and O–H groups in total. The van der Waals surface area contributed by atoms with Crippen molar-refractivity contribution in [3.63, 3.8) is 0 Å². The third kappa shape index (κ3) is 3.18. The molecule has 3 rings (SSSR count). The first-order valence-electron chi connectivity index (χ1n) is 8.87. The van der Waals surface area contributed by atoms with Gasteiger partial charge < -0.3 is 10.4 Å². The van der Waals surface area contributed by atoms with Crippen LogP contribution in [0.2, 0.25) is 0 Å². The number of nitrogens with zero attached hydrogens (tertiary/aromatic N) is 1. The van der Waals surface area contributed by atoms with Crippen LogP contribution in [0.5, 0.6) is 0 Å².